The van der Waals surface area contributed by atoms with E-state index in [1.54, 1.807) is 0 Å². The third-order valence-corrected chi connectivity index (χ3v) is 4.64. The summed E-state index contributed by atoms with van der Waals surface area (Å²) >= 11 is 6.15. The molecule has 2 atom stereocenters. The van der Waals surface area contributed by atoms with Crippen molar-refractivity contribution < 1.29 is 4.79 Å². The van der Waals surface area contributed by atoms with E-state index in [4.69, 9.17) is 11.6 Å². The summed E-state index contributed by atoms with van der Waals surface area (Å²) in [5.41, 5.74) is 1.06. The van der Waals surface area contributed by atoms with E-state index in [9.17, 15) is 4.79 Å². The van der Waals surface area contributed by atoms with Gasteiger partial charge in [-0.05, 0) is 37.4 Å². The van der Waals surface area contributed by atoms with Crippen LogP contribution in [0.25, 0.3) is 0 Å². The summed E-state index contributed by atoms with van der Waals surface area (Å²) in [6, 6.07) is 8.12. The van der Waals surface area contributed by atoms with Crippen molar-refractivity contribution in [2.24, 2.45) is 5.92 Å². The van der Waals surface area contributed by atoms with Crippen molar-refractivity contribution in [3.63, 3.8) is 0 Å². The fraction of sp³-hybridized carbons (Fsp3) is 0.588. The first-order valence-electron chi connectivity index (χ1n) is 7.77. The highest BCUT2D eigenvalue weighted by Gasteiger charge is 2.23. The smallest absolute Gasteiger partial charge is 0.234 e. The summed E-state index contributed by atoms with van der Waals surface area (Å²) in [5, 5.41) is 3.94. The van der Waals surface area contributed by atoms with Crippen LogP contribution in [0.5, 0.6) is 0 Å². The minimum atomic E-state index is 0.114. The number of carbonyl (C=O) groups excluding carboxylic acids is 1. The summed E-state index contributed by atoms with van der Waals surface area (Å²) in [6.45, 7) is 3.33. The molecule has 0 aromatic heterocycles. The monoisotopic (exact) mass is 308 g/mol. The van der Waals surface area contributed by atoms with Gasteiger partial charge >= 0.3 is 0 Å². The molecule has 1 aliphatic carbocycles. The zero-order valence-electron chi connectivity index (χ0n) is 12.9. The Bertz CT molecular complexity index is 478. The van der Waals surface area contributed by atoms with Gasteiger partial charge in [0.25, 0.3) is 0 Å². The predicted molar refractivity (Wildman–Crippen MR) is 87.3 cm³/mol. The minimum absolute atomic E-state index is 0.114. The number of hydrogen-bond donors (Lipinski definition) is 1. The molecule has 0 radical (unpaired) electrons. The Balaban J connectivity index is 1.80. The van der Waals surface area contributed by atoms with E-state index < -0.39 is 0 Å². The Kier molecular flexibility index (Phi) is 6.07. The van der Waals surface area contributed by atoms with Gasteiger partial charge in [-0.25, -0.2) is 0 Å². The van der Waals surface area contributed by atoms with E-state index in [2.05, 4.69) is 12.2 Å². The Morgan fingerprint density at radius 2 is 2.05 bits per heavy atom. The van der Waals surface area contributed by atoms with Crippen molar-refractivity contribution in [2.75, 3.05) is 13.6 Å². The second kappa shape index (κ2) is 7.81. The Labute approximate surface area is 132 Å². The summed E-state index contributed by atoms with van der Waals surface area (Å²) in [5.74, 6) is 0.708. The van der Waals surface area contributed by atoms with Gasteiger partial charge in [0, 0.05) is 17.6 Å². The van der Waals surface area contributed by atoms with Crippen LogP contribution in [-0.2, 0) is 11.3 Å². The molecule has 0 saturated heterocycles. The number of nitrogens with zero attached hydrogens (tertiary/aromatic N) is 1. The van der Waals surface area contributed by atoms with Gasteiger partial charge in [-0.15, -0.1) is 0 Å². The molecule has 1 aromatic rings. The molecule has 0 spiro atoms. The fourth-order valence-corrected chi connectivity index (χ4v) is 3.20. The van der Waals surface area contributed by atoms with Crippen LogP contribution in [0.3, 0.4) is 0 Å². The summed E-state index contributed by atoms with van der Waals surface area (Å²) < 4.78 is 0. The van der Waals surface area contributed by atoms with E-state index in [1.165, 1.54) is 19.3 Å². The van der Waals surface area contributed by atoms with Crippen LogP contribution in [0.15, 0.2) is 24.3 Å². The molecular weight excluding hydrogens is 284 g/mol. The standard InChI is InChI=1S/C17H25ClN2O/c1-13-7-3-6-10-16(13)19-17(21)12-20(2)11-14-8-4-5-9-15(14)18/h4-5,8-9,13,16H,3,6-7,10-12H2,1-2H3,(H,19,21). The van der Waals surface area contributed by atoms with Crippen LogP contribution in [0, 0.1) is 5.92 Å². The molecule has 4 heteroatoms. The van der Waals surface area contributed by atoms with E-state index in [-0.39, 0.29) is 5.91 Å². The highest BCUT2D eigenvalue weighted by atomic mass is 35.5. The highest BCUT2D eigenvalue weighted by molar-refractivity contribution is 6.31. The van der Waals surface area contributed by atoms with E-state index in [1.807, 2.05) is 36.2 Å². The molecule has 1 N–H and O–H groups in total. The van der Waals surface area contributed by atoms with E-state index >= 15 is 0 Å². The lowest BCUT2D eigenvalue weighted by Gasteiger charge is -2.30. The van der Waals surface area contributed by atoms with Crippen LogP contribution in [0.4, 0.5) is 0 Å². The Morgan fingerprint density at radius 3 is 2.76 bits per heavy atom. The molecule has 116 valence electrons. The molecule has 0 heterocycles. The average Bonchev–Trinajstić information content (AvgIpc) is 2.44. The highest BCUT2D eigenvalue weighted by Crippen LogP contribution is 2.23. The number of halogens is 1. The zero-order valence-corrected chi connectivity index (χ0v) is 13.7. The zero-order chi connectivity index (χ0) is 15.2. The summed E-state index contributed by atoms with van der Waals surface area (Å²) in [7, 11) is 1.95. The van der Waals surface area contributed by atoms with Crippen molar-refractivity contribution in [1.82, 2.24) is 10.2 Å². The maximum Gasteiger partial charge on any atom is 0.234 e. The first-order valence-corrected chi connectivity index (χ1v) is 8.15. The molecule has 2 unspecified atom stereocenters. The number of carbonyl (C=O) groups is 1. The van der Waals surface area contributed by atoms with Crippen LogP contribution in [0.2, 0.25) is 5.02 Å². The van der Waals surface area contributed by atoms with Gasteiger partial charge in [0.05, 0.1) is 6.54 Å². The van der Waals surface area contributed by atoms with Gasteiger partial charge in [-0.2, -0.15) is 0 Å². The van der Waals surface area contributed by atoms with Gasteiger partial charge in [-0.1, -0.05) is 49.6 Å². The normalized spacial score (nSPS) is 22.3. The second-order valence-electron chi connectivity index (χ2n) is 6.20. The first-order chi connectivity index (χ1) is 10.1. The number of rotatable bonds is 5. The quantitative estimate of drug-likeness (QED) is 0.903. The Morgan fingerprint density at radius 1 is 1.33 bits per heavy atom. The van der Waals surface area contributed by atoms with Gasteiger partial charge in [0.15, 0.2) is 0 Å². The number of amides is 1. The predicted octanol–water partition coefficient (Wildman–Crippen LogP) is 3.47. The lowest BCUT2D eigenvalue weighted by molar-refractivity contribution is -0.123. The summed E-state index contributed by atoms with van der Waals surface area (Å²) in [6.07, 6.45) is 4.85. The van der Waals surface area contributed by atoms with Gasteiger partial charge < -0.3 is 5.32 Å². The molecule has 0 bridgehead atoms. The van der Waals surface area contributed by atoms with Crippen LogP contribution < -0.4 is 5.32 Å². The largest absolute Gasteiger partial charge is 0.352 e. The molecule has 1 aromatic carbocycles. The minimum Gasteiger partial charge on any atom is -0.352 e. The van der Waals surface area contributed by atoms with Crippen LogP contribution >= 0.6 is 11.6 Å². The second-order valence-corrected chi connectivity index (χ2v) is 6.61. The molecule has 1 amide bonds. The topological polar surface area (TPSA) is 32.3 Å². The first kappa shape index (κ1) is 16.3. The van der Waals surface area contributed by atoms with Crippen molar-refractivity contribution in [3.05, 3.63) is 34.9 Å². The third-order valence-electron chi connectivity index (χ3n) is 4.27. The molecule has 1 fully saturated rings. The lowest BCUT2D eigenvalue weighted by atomic mass is 9.86. The molecule has 21 heavy (non-hydrogen) atoms. The third kappa shape index (κ3) is 5.01. The van der Waals surface area contributed by atoms with Crippen LogP contribution in [0.1, 0.15) is 38.2 Å². The SMILES string of the molecule is CC1CCCCC1NC(=O)CN(C)Cc1ccccc1Cl. The fourth-order valence-electron chi connectivity index (χ4n) is 3.00. The number of benzene rings is 1. The number of nitrogens with one attached hydrogen (secondary N) is 1. The summed E-state index contributed by atoms with van der Waals surface area (Å²) in [4.78, 5) is 14.2. The van der Waals surface area contributed by atoms with Gasteiger partial charge in [-0.3, -0.25) is 9.69 Å². The molecule has 0 aliphatic heterocycles. The molecule has 1 saturated carbocycles. The Hall–Kier alpha value is -1.06. The van der Waals surface area contributed by atoms with Crippen LogP contribution in [-0.4, -0.2) is 30.4 Å². The number of hydrogen-bond acceptors (Lipinski definition) is 2. The maximum atomic E-state index is 12.2. The van der Waals surface area contributed by atoms with Crippen molar-refractivity contribution in [3.8, 4) is 0 Å². The average molecular weight is 309 g/mol. The van der Waals surface area contributed by atoms with E-state index in [0.29, 0.717) is 25.0 Å². The van der Waals surface area contributed by atoms with Gasteiger partial charge in [0.1, 0.15) is 0 Å². The van der Waals surface area contributed by atoms with Crippen molar-refractivity contribution in [1.29, 1.82) is 0 Å². The lowest BCUT2D eigenvalue weighted by Crippen LogP contribution is -2.44. The molecule has 1 aliphatic rings. The maximum absolute atomic E-state index is 12.2. The number of likely N-dealkylation sites (N-methyl/N-ethyl adjacent to an activating group) is 1. The van der Waals surface area contributed by atoms with Crippen molar-refractivity contribution in [2.45, 2.75) is 45.2 Å². The molecular formula is C17H25ClN2O. The molecule has 3 nitrogen and oxygen atoms in total. The van der Waals surface area contributed by atoms with Crippen molar-refractivity contribution >= 4 is 17.5 Å². The molecule has 2 rings (SSSR count). The van der Waals surface area contributed by atoms with Gasteiger partial charge in [0.2, 0.25) is 5.91 Å². The van der Waals surface area contributed by atoms with E-state index in [0.717, 1.165) is 17.0 Å².